The molecule has 0 aliphatic carbocycles. The molecule has 94 valence electrons. The molecule has 1 rings (SSSR count). The van der Waals surface area contributed by atoms with Crippen LogP contribution < -0.4 is 11.1 Å². The summed E-state index contributed by atoms with van der Waals surface area (Å²) in [5.74, 6) is -0.393. The van der Waals surface area contributed by atoms with Crippen molar-refractivity contribution < 1.29 is 9.59 Å². The van der Waals surface area contributed by atoms with Crippen molar-refractivity contribution in [3.05, 3.63) is 20.8 Å². The van der Waals surface area contributed by atoms with Gasteiger partial charge < -0.3 is 5.73 Å². The number of hydrogen-bond acceptors (Lipinski definition) is 4. The number of nitrogens with zero attached hydrogens (tertiary/aromatic N) is 1. The zero-order valence-electron chi connectivity index (χ0n) is 9.57. The van der Waals surface area contributed by atoms with E-state index in [0.29, 0.717) is 6.54 Å². The highest BCUT2D eigenvalue weighted by Gasteiger charge is 2.19. The number of amides is 3. The van der Waals surface area contributed by atoms with Crippen LogP contribution in [0, 0.1) is 0 Å². The molecular formula is C10H14BrN3O2S. The Balaban J connectivity index is 2.54. The van der Waals surface area contributed by atoms with Crippen molar-refractivity contribution >= 4 is 39.2 Å². The van der Waals surface area contributed by atoms with Gasteiger partial charge in [-0.1, -0.05) is 0 Å². The molecule has 0 aliphatic rings. The SMILES string of the molecule is CC(C(=O)NC(N)=O)N(C)Cc1cc(Br)cs1. The van der Waals surface area contributed by atoms with Crippen LogP contribution in [0.4, 0.5) is 4.79 Å². The first-order valence-electron chi connectivity index (χ1n) is 4.93. The summed E-state index contributed by atoms with van der Waals surface area (Å²) in [5.41, 5.74) is 4.89. The Kier molecular flexibility index (Phi) is 5.10. The van der Waals surface area contributed by atoms with Crippen molar-refractivity contribution in [2.75, 3.05) is 7.05 Å². The van der Waals surface area contributed by atoms with E-state index in [1.807, 2.05) is 23.4 Å². The minimum atomic E-state index is -0.825. The van der Waals surface area contributed by atoms with Gasteiger partial charge in [0.15, 0.2) is 0 Å². The number of hydrogen-bond donors (Lipinski definition) is 2. The number of urea groups is 1. The smallest absolute Gasteiger partial charge is 0.318 e. The molecule has 1 heterocycles. The maximum atomic E-state index is 11.5. The second kappa shape index (κ2) is 6.13. The molecule has 3 amide bonds. The highest BCUT2D eigenvalue weighted by Crippen LogP contribution is 2.21. The molecule has 0 fully saturated rings. The Morgan fingerprint density at radius 3 is 2.76 bits per heavy atom. The fraction of sp³-hybridized carbons (Fsp3) is 0.400. The van der Waals surface area contributed by atoms with Crippen molar-refractivity contribution in [3.8, 4) is 0 Å². The summed E-state index contributed by atoms with van der Waals surface area (Å²) < 4.78 is 1.03. The average molecular weight is 320 g/mol. The fourth-order valence-electron chi connectivity index (χ4n) is 1.25. The molecule has 0 saturated carbocycles. The molecule has 3 N–H and O–H groups in total. The lowest BCUT2D eigenvalue weighted by Crippen LogP contribution is -2.46. The summed E-state index contributed by atoms with van der Waals surface area (Å²) >= 11 is 4.98. The Bertz CT molecular complexity index is 421. The van der Waals surface area contributed by atoms with E-state index >= 15 is 0 Å². The molecule has 0 bridgehead atoms. The predicted molar refractivity (Wildman–Crippen MR) is 70.7 cm³/mol. The van der Waals surface area contributed by atoms with Gasteiger partial charge in [0.05, 0.1) is 6.04 Å². The van der Waals surface area contributed by atoms with Crippen LogP contribution >= 0.6 is 27.3 Å². The normalized spacial score (nSPS) is 12.5. The number of carbonyl (C=O) groups excluding carboxylic acids is 2. The van der Waals surface area contributed by atoms with E-state index in [1.54, 1.807) is 18.3 Å². The predicted octanol–water partition coefficient (Wildman–Crippen LogP) is 1.53. The summed E-state index contributed by atoms with van der Waals surface area (Å²) in [7, 11) is 1.82. The molecule has 1 aromatic heterocycles. The molecule has 17 heavy (non-hydrogen) atoms. The van der Waals surface area contributed by atoms with Crippen molar-refractivity contribution in [3.63, 3.8) is 0 Å². The van der Waals surface area contributed by atoms with Gasteiger partial charge in [-0.2, -0.15) is 0 Å². The fourth-order valence-corrected chi connectivity index (χ4v) is 2.76. The zero-order valence-corrected chi connectivity index (χ0v) is 12.0. The average Bonchev–Trinajstić information content (AvgIpc) is 2.61. The molecule has 5 nitrogen and oxygen atoms in total. The maximum Gasteiger partial charge on any atom is 0.318 e. The van der Waals surface area contributed by atoms with Gasteiger partial charge in [-0.15, -0.1) is 11.3 Å². The van der Waals surface area contributed by atoms with Crippen LogP contribution in [-0.4, -0.2) is 29.9 Å². The van der Waals surface area contributed by atoms with Gasteiger partial charge in [-0.3, -0.25) is 15.0 Å². The van der Waals surface area contributed by atoms with E-state index in [1.165, 1.54) is 0 Å². The molecule has 0 spiro atoms. The molecule has 7 heteroatoms. The molecule has 1 aromatic rings. The van der Waals surface area contributed by atoms with Gasteiger partial charge in [0, 0.05) is 21.3 Å². The van der Waals surface area contributed by atoms with Crippen LogP contribution in [0.5, 0.6) is 0 Å². The van der Waals surface area contributed by atoms with Crippen molar-refractivity contribution in [1.82, 2.24) is 10.2 Å². The second-order valence-electron chi connectivity index (χ2n) is 3.68. The van der Waals surface area contributed by atoms with E-state index in [0.717, 1.165) is 9.35 Å². The first-order chi connectivity index (χ1) is 7.90. The highest BCUT2D eigenvalue weighted by atomic mass is 79.9. The van der Waals surface area contributed by atoms with E-state index in [2.05, 4.69) is 21.2 Å². The third-order valence-electron chi connectivity index (χ3n) is 2.31. The lowest BCUT2D eigenvalue weighted by molar-refractivity contribution is -0.124. The number of carbonyl (C=O) groups is 2. The van der Waals surface area contributed by atoms with Crippen LogP contribution in [0.15, 0.2) is 15.9 Å². The third-order valence-corrected chi connectivity index (χ3v) is 4.00. The van der Waals surface area contributed by atoms with Crippen LogP contribution in [0.3, 0.4) is 0 Å². The molecular weight excluding hydrogens is 306 g/mol. The van der Waals surface area contributed by atoms with Gasteiger partial charge in [-0.05, 0) is 36.0 Å². The summed E-state index contributed by atoms with van der Waals surface area (Å²) in [6.45, 7) is 2.37. The van der Waals surface area contributed by atoms with Gasteiger partial charge in [0.2, 0.25) is 5.91 Å². The minimum absolute atomic E-state index is 0.393. The van der Waals surface area contributed by atoms with E-state index in [9.17, 15) is 9.59 Å². The van der Waals surface area contributed by atoms with Gasteiger partial charge in [0.1, 0.15) is 0 Å². The first-order valence-corrected chi connectivity index (χ1v) is 6.61. The number of primary amides is 1. The summed E-state index contributed by atoms with van der Waals surface area (Å²) in [5, 5.41) is 4.05. The zero-order chi connectivity index (χ0) is 13.0. The number of halogens is 1. The van der Waals surface area contributed by atoms with Gasteiger partial charge >= 0.3 is 6.03 Å². The molecule has 1 unspecified atom stereocenters. The number of rotatable bonds is 4. The Labute approximate surface area is 112 Å². The molecule has 0 radical (unpaired) electrons. The monoisotopic (exact) mass is 319 g/mol. The lowest BCUT2D eigenvalue weighted by Gasteiger charge is -2.22. The van der Waals surface area contributed by atoms with Crippen LogP contribution in [0.1, 0.15) is 11.8 Å². The number of nitrogens with two attached hydrogens (primary N) is 1. The number of nitrogens with one attached hydrogen (secondary N) is 1. The standard InChI is InChI=1S/C10H14BrN3O2S/c1-6(9(15)13-10(12)16)14(2)4-8-3-7(11)5-17-8/h3,5-6H,4H2,1-2H3,(H3,12,13,15,16). The Hall–Kier alpha value is -0.920. The summed E-state index contributed by atoms with van der Waals surface area (Å²) in [6.07, 6.45) is 0. The van der Waals surface area contributed by atoms with E-state index < -0.39 is 18.0 Å². The Morgan fingerprint density at radius 2 is 2.29 bits per heavy atom. The van der Waals surface area contributed by atoms with Crippen LogP contribution in [0.2, 0.25) is 0 Å². The molecule has 0 aromatic carbocycles. The van der Waals surface area contributed by atoms with Gasteiger partial charge in [0.25, 0.3) is 0 Å². The summed E-state index contributed by atoms with van der Waals surface area (Å²) in [4.78, 5) is 25.1. The first kappa shape index (κ1) is 14.1. The maximum absolute atomic E-state index is 11.5. The molecule has 0 saturated heterocycles. The van der Waals surface area contributed by atoms with Crippen LogP contribution in [0.25, 0.3) is 0 Å². The topological polar surface area (TPSA) is 75.4 Å². The van der Waals surface area contributed by atoms with Gasteiger partial charge in [-0.25, -0.2) is 4.79 Å². The molecule has 1 atom stereocenters. The third kappa shape index (κ3) is 4.45. The van der Waals surface area contributed by atoms with E-state index in [4.69, 9.17) is 5.73 Å². The second-order valence-corrected chi connectivity index (χ2v) is 5.59. The quantitative estimate of drug-likeness (QED) is 0.883. The van der Waals surface area contributed by atoms with E-state index in [-0.39, 0.29) is 0 Å². The number of thiophene rings is 1. The van der Waals surface area contributed by atoms with Crippen molar-refractivity contribution in [2.24, 2.45) is 5.73 Å². The number of likely N-dealkylation sites (N-methyl/N-ethyl adjacent to an activating group) is 1. The minimum Gasteiger partial charge on any atom is -0.351 e. The van der Waals surface area contributed by atoms with Crippen molar-refractivity contribution in [1.29, 1.82) is 0 Å². The molecule has 0 aliphatic heterocycles. The largest absolute Gasteiger partial charge is 0.351 e. The van der Waals surface area contributed by atoms with Crippen LogP contribution in [-0.2, 0) is 11.3 Å². The Morgan fingerprint density at radius 1 is 1.65 bits per heavy atom. The highest BCUT2D eigenvalue weighted by molar-refractivity contribution is 9.10. The van der Waals surface area contributed by atoms with Crippen molar-refractivity contribution in [2.45, 2.75) is 19.5 Å². The lowest BCUT2D eigenvalue weighted by atomic mass is 10.2. The summed E-state index contributed by atoms with van der Waals surface area (Å²) in [6, 6.07) is 0.761. The number of imide groups is 1.